The second-order valence-electron chi connectivity index (χ2n) is 4.88. The molecule has 0 aliphatic rings. The van der Waals surface area contributed by atoms with Crippen LogP contribution in [0, 0.1) is 12.7 Å². The molecule has 2 aromatic rings. The van der Waals surface area contributed by atoms with Gasteiger partial charge in [0.1, 0.15) is 5.82 Å². The molecule has 100 valence electrons. The van der Waals surface area contributed by atoms with Crippen molar-refractivity contribution in [3.05, 3.63) is 59.4 Å². The molecule has 0 aliphatic carbocycles. The van der Waals surface area contributed by atoms with E-state index in [1.54, 1.807) is 13.0 Å². The van der Waals surface area contributed by atoms with E-state index in [0.29, 0.717) is 12.1 Å². The standard InChI is InChI=1S/C16H19FN2/c1-12-4-5-13(10-16(12)17)11-18-14-6-8-15(9-7-14)19(2)3/h4-10,18H,11H2,1-3H3. The Morgan fingerprint density at radius 1 is 1.05 bits per heavy atom. The third kappa shape index (κ3) is 3.47. The Hall–Kier alpha value is -2.03. The van der Waals surface area contributed by atoms with E-state index in [1.165, 1.54) is 0 Å². The number of nitrogens with one attached hydrogen (secondary N) is 1. The smallest absolute Gasteiger partial charge is 0.126 e. The van der Waals surface area contributed by atoms with Crippen molar-refractivity contribution in [2.45, 2.75) is 13.5 Å². The maximum atomic E-state index is 13.4. The fourth-order valence-corrected chi connectivity index (χ4v) is 1.83. The number of rotatable bonds is 4. The Morgan fingerprint density at radius 2 is 1.74 bits per heavy atom. The first kappa shape index (κ1) is 13.4. The van der Waals surface area contributed by atoms with Gasteiger partial charge in [-0.1, -0.05) is 12.1 Å². The predicted octanol–water partition coefficient (Wildman–Crippen LogP) is 3.81. The molecule has 0 saturated heterocycles. The number of hydrogen-bond donors (Lipinski definition) is 1. The Labute approximate surface area is 113 Å². The lowest BCUT2D eigenvalue weighted by Crippen LogP contribution is -2.08. The fraction of sp³-hybridized carbons (Fsp3) is 0.250. The molecule has 0 radical (unpaired) electrons. The van der Waals surface area contributed by atoms with Gasteiger partial charge < -0.3 is 10.2 Å². The van der Waals surface area contributed by atoms with E-state index in [4.69, 9.17) is 0 Å². The predicted molar refractivity (Wildman–Crippen MR) is 79.2 cm³/mol. The quantitative estimate of drug-likeness (QED) is 0.897. The van der Waals surface area contributed by atoms with Gasteiger partial charge in [0, 0.05) is 32.0 Å². The molecule has 0 spiro atoms. The Bertz CT molecular complexity index is 547. The molecule has 0 bridgehead atoms. The molecule has 2 rings (SSSR count). The maximum absolute atomic E-state index is 13.4. The summed E-state index contributed by atoms with van der Waals surface area (Å²) >= 11 is 0. The number of anilines is 2. The van der Waals surface area contributed by atoms with Gasteiger partial charge in [-0.2, -0.15) is 0 Å². The molecule has 1 N–H and O–H groups in total. The zero-order chi connectivity index (χ0) is 13.8. The lowest BCUT2D eigenvalue weighted by Gasteiger charge is -2.13. The fourth-order valence-electron chi connectivity index (χ4n) is 1.83. The summed E-state index contributed by atoms with van der Waals surface area (Å²) in [4.78, 5) is 2.05. The van der Waals surface area contributed by atoms with Crippen LogP contribution in [0.4, 0.5) is 15.8 Å². The molecular formula is C16H19FN2. The van der Waals surface area contributed by atoms with Crippen molar-refractivity contribution < 1.29 is 4.39 Å². The molecule has 0 amide bonds. The van der Waals surface area contributed by atoms with E-state index in [0.717, 1.165) is 16.9 Å². The largest absolute Gasteiger partial charge is 0.381 e. The van der Waals surface area contributed by atoms with Gasteiger partial charge in [0.2, 0.25) is 0 Å². The normalized spacial score (nSPS) is 10.3. The summed E-state index contributed by atoms with van der Waals surface area (Å²) in [6.07, 6.45) is 0. The number of hydrogen-bond acceptors (Lipinski definition) is 2. The highest BCUT2D eigenvalue weighted by Crippen LogP contribution is 2.17. The molecule has 3 heteroatoms. The van der Waals surface area contributed by atoms with Crippen LogP contribution in [0.1, 0.15) is 11.1 Å². The SMILES string of the molecule is Cc1ccc(CNc2ccc(N(C)C)cc2)cc1F. The second kappa shape index (κ2) is 5.74. The molecule has 0 aliphatic heterocycles. The Morgan fingerprint density at radius 3 is 2.32 bits per heavy atom. The third-order valence-electron chi connectivity index (χ3n) is 3.12. The first-order valence-electron chi connectivity index (χ1n) is 6.32. The van der Waals surface area contributed by atoms with Crippen LogP contribution in [0.15, 0.2) is 42.5 Å². The van der Waals surface area contributed by atoms with Crippen LogP contribution in [0.3, 0.4) is 0 Å². The van der Waals surface area contributed by atoms with E-state index < -0.39 is 0 Å². The Kier molecular flexibility index (Phi) is 4.05. The highest BCUT2D eigenvalue weighted by atomic mass is 19.1. The van der Waals surface area contributed by atoms with Crippen molar-refractivity contribution in [2.75, 3.05) is 24.3 Å². The number of nitrogens with zero attached hydrogens (tertiary/aromatic N) is 1. The van der Waals surface area contributed by atoms with E-state index in [1.807, 2.05) is 38.4 Å². The zero-order valence-electron chi connectivity index (χ0n) is 11.6. The minimum Gasteiger partial charge on any atom is -0.381 e. The highest BCUT2D eigenvalue weighted by Gasteiger charge is 2.00. The average molecular weight is 258 g/mol. The van der Waals surface area contributed by atoms with Gasteiger partial charge in [-0.15, -0.1) is 0 Å². The molecule has 0 aromatic heterocycles. The van der Waals surface area contributed by atoms with Crippen LogP contribution in [-0.2, 0) is 6.54 Å². The van der Waals surface area contributed by atoms with Crippen molar-refractivity contribution in [3.63, 3.8) is 0 Å². The number of halogens is 1. The van der Waals surface area contributed by atoms with Crippen molar-refractivity contribution in [2.24, 2.45) is 0 Å². The highest BCUT2D eigenvalue weighted by molar-refractivity contribution is 5.54. The van der Waals surface area contributed by atoms with E-state index in [2.05, 4.69) is 22.3 Å². The van der Waals surface area contributed by atoms with Crippen molar-refractivity contribution in [1.82, 2.24) is 0 Å². The maximum Gasteiger partial charge on any atom is 0.126 e. The van der Waals surface area contributed by atoms with Gasteiger partial charge in [-0.05, 0) is 48.4 Å². The third-order valence-corrected chi connectivity index (χ3v) is 3.12. The monoisotopic (exact) mass is 258 g/mol. The summed E-state index contributed by atoms with van der Waals surface area (Å²) in [5.41, 5.74) is 3.82. The van der Waals surface area contributed by atoms with Crippen LogP contribution in [0.5, 0.6) is 0 Å². The summed E-state index contributed by atoms with van der Waals surface area (Å²) in [5.74, 6) is -0.151. The molecule has 2 aromatic carbocycles. The number of aryl methyl sites for hydroxylation is 1. The van der Waals surface area contributed by atoms with Crippen LogP contribution in [0.2, 0.25) is 0 Å². The van der Waals surface area contributed by atoms with Gasteiger partial charge in [-0.25, -0.2) is 4.39 Å². The van der Waals surface area contributed by atoms with Crippen LogP contribution in [-0.4, -0.2) is 14.1 Å². The molecule has 0 unspecified atom stereocenters. The molecule has 0 atom stereocenters. The molecule has 19 heavy (non-hydrogen) atoms. The van der Waals surface area contributed by atoms with Gasteiger partial charge in [0.15, 0.2) is 0 Å². The first-order chi connectivity index (χ1) is 9.06. The molecular weight excluding hydrogens is 239 g/mol. The van der Waals surface area contributed by atoms with E-state index >= 15 is 0 Å². The summed E-state index contributed by atoms with van der Waals surface area (Å²) in [6, 6.07) is 13.5. The van der Waals surface area contributed by atoms with Crippen molar-refractivity contribution in [3.8, 4) is 0 Å². The van der Waals surface area contributed by atoms with Crippen LogP contribution < -0.4 is 10.2 Å². The minimum atomic E-state index is -0.151. The van der Waals surface area contributed by atoms with Crippen molar-refractivity contribution in [1.29, 1.82) is 0 Å². The number of benzene rings is 2. The van der Waals surface area contributed by atoms with Crippen LogP contribution in [0.25, 0.3) is 0 Å². The summed E-state index contributed by atoms with van der Waals surface area (Å²) in [5, 5.41) is 3.29. The van der Waals surface area contributed by atoms with Crippen molar-refractivity contribution >= 4 is 11.4 Å². The topological polar surface area (TPSA) is 15.3 Å². The zero-order valence-corrected chi connectivity index (χ0v) is 11.6. The van der Waals surface area contributed by atoms with E-state index in [-0.39, 0.29) is 5.82 Å². The van der Waals surface area contributed by atoms with Crippen LogP contribution >= 0.6 is 0 Å². The minimum absolute atomic E-state index is 0.151. The molecule has 0 fully saturated rings. The lowest BCUT2D eigenvalue weighted by molar-refractivity contribution is 0.616. The molecule has 0 saturated carbocycles. The molecule has 2 nitrogen and oxygen atoms in total. The van der Waals surface area contributed by atoms with Gasteiger partial charge in [0.05, 0.1) is 0 Å². The summed E-state index contributed by atoms with van der Waals surface area (Å²) in [7, 11) is 4.02. The lowest BCUT2D eigenvalue weighted by atomic mass is 10.1. The summed E-state index contributed by atoms with van der Waals surface area (Å²) < 4.78 is 13.4. The van der Waals surface area contributed by atoms with Gasteiger partial charge in [0.25, 0.3) is 0 Å². The first-order valence-corrected chi connectivity index (χ1v) is 6.32. The van der Waals surface area contributed by atoms with E-state index in [9.17, 15) is 4.39 Å². The van der Waals surface area contributed by atoms with Gasteiger partial charge >= 0.3 is 0 Å². The average Bonchev–Trinajstić information content (AvgIpc) is 2.40. The summed E-state index contributed by atoms with van der Waals surface area (Å²) in [6.45, 7) is 2.39. The second-order valence-corrected chi connectivity index (χ2v) is 4.88. The Balaban J connectivity index is 2.00. The van der Waals surface area contributed by atoms with Gasteiger partial charge in [-0.3, -0.25) is 0 Å². The molecule has 0 heterocycles.